The normalized spacial score (nSPS) is 16.7. The zero-order valence-electron chi connectivity index (χ0n) is 18.1. The van der Waals surface area contributed by atoms with Crippen molar-refractivity contribution in [2.75, 3.05) is 16.8 Å². The molecular weight excluding hydrogens is 412 g/mol. The molecule has 2 aromatic carbocycles. The number of nitrogens with zero attached hydrogens (tertiary/aromatic N) is 1. The average Bonchev–Trinajstić information content (AvgIpc) is 3.48. The Morgan fingerprint density at radius 3 is 2.55 bits per heavy atom. The number of sulfone groups is 1. The molecule has 0 bridgehead atoms. The Bertz CT molecular complexity index is 1150. The highest BCUT2D eigenvalue weighted by atomic mass is 32.2. The third kappa shape index (κ3) is 4.37. The van der Waals surface area contributed by atoms with Crippen LogP contribution in [0.2, 0.25) is 0 Å². The maximum atomic E-state index is 13.1. The van der Waals surface area contributed by atoms with E-state index < -0.39 is 15.1 Å². The van der Waals surface area contributed by atoms with Crippen LogP contribution in [-0.4, -0.2) is 32.0 Å². The zero-order valence-corrected chi connectivity index (χ0v) is 19.0. The van der Waals surface area contributed by atoms with Gasteiger partial charge >= 0.3 is 0 Å². The van der Waals surface area contributed by atoms with E-state index in [-0.39, 0.29) is 29.0 Å². The van der Waals surface area contributed by atoms with Gasteiger partial charge in [-0.15, -0.1) is 0 Å². The molecule has 1 fully saturated rings. The second kappa shape index (κ2) is 8.11. The van der Waals surface area contributed by atoms with Crippen molar-refractivity contribution >= 4 is 33.0 Å². The highest BCUT2D eigenvalue weighted by Crippen LogP contribution is 2.37. The first-order chi connectivity index (χ1) is 14.7. The Morgan fingerprint density at radius 1 is 1.13 bits per heavy atom. The van der Waals surface area contributed by atoms with Gasteiger partial charge in [0, 0.05) is 30.3 Å². The minimum absolute atomic E-state index is 0.126. The molecule has 0 unspecified atom stereocenters. The number of nitrogens with one attached hydrogen (secondary N) is 1. The Morgan fingerprint density at radius 2 is 1.87 bits per heavy atom. The third-order valence-corrected chi connectivity index (χ3v) is 8.26. The molecule has 0 aromatic heterocycles. The zero-order chi connectivity index (χ0) is 22.3. The number of carbonyl (C=O) groups excluding carboxylic acids is 2. The van der Waals surface area contributed by atoms with Crippen LogP contribution in [0.3, 0.4) is 0 Å². The summed E-state index contributed by atoms with van der Waals surface area (Å²) in [5.41, 5.74) is 4.42. The van der Waals surface area contributed by atoms with E-state index in [1.165, 1.54) is 0 Å². The number of carbonyl (C=O) groups is 2. The summed E-state index contributed by atoms with van der Waals surface area (Å²) in [4.78, 5) is 26.9. The van der Waals surface area contributed by atoms with Crippen LogP contribution in [0.4, 0.5) is 11.4 Å². The topological polar surface area (TPSA) is 83.6 Å². The van der Waals surface area contributed by atoms with Gasteiger partial charge in [-0.1, -0.05) is 17.7 Å². The van der Waals surface area contributed by atoms with Gasteiger partial charge in [0.1, 0.15) is 0 Å². The standard InChI is InChI=1S/C24H28N2O4S/c1-15-4-8-21(16(2)12-15)25-23(27)13-17(3)31(29,30)20-7-9-22-19(14-20)10-11-26(22)24(28)18-5-6-18/h4,7-9,12,14,17-18H,5-6,10-11,13H2,1-3H3,(H,25,27)/t17-/m1/s1. The lowest BCUT2D eigenvalue weighted by molar-refractivity contribution is -0.119. The molecule has 164 valence electrons. The minimum Gasteiger partial charge on any atom is -0.326 e. The molecule has 1 heterocycles. The van der Waals surface area contributed by atoms with Crippen LogP contribution in [0, 0.1) is 19.8 Å². The fourth-order valence-corrected chi connectivity index (χ4v) is 5.49. The van der Waals surface area contributed by atoms with Crippen LogP contribution in [-0.2, 0) is 25.8 Å². The fourth-order valence-electron chi connectivity index (χ4n) is 4.09. The molecule has 4 rings (SSSR count). The summed E-state index contributed by atoms with van der Waals surface area (Å²) in [7, 11) is -3.67. The third-order valence-electron chi connectivity index (χ3n) is 6.13. The van der Waals surface area contributed by atoms with Crippen LogP contribution in [0.5, 0.6) is 0 Å². The number of amides is 2. The van der Waals surface area contributed by atoms with Crippen molar-refractivity contribution in [1.29, 1.82) is 0 Å². The van der Waals surface area contributed by atoms with Crippen molar-refractivity contribution in [3.63, 3.8) is 0 Å². The highest BCUT2D eigenvalue weighted by Gasteiger charge is 2.37. The van der Waals surface area contributed by atoms with Crippen LogP contribution in [0.15, 0.2) is 41.3 Å². The van der Waals surface area contributed by atoms with Gasteiger partial charge in [-0.25, -0.2) is 8.42 Å². The number of hydrogen-bond acceptors (Lipinski definition) is 4. The molecule has 1 N–H and O–H groups in total. The molecule has 0 radical (unpaired) electrons. The van der Waals surface area contributed by atoms with E-state index in [1.807, 2.05) is 32.0 Å². The molecular formula is C24H28N2O4S. The summed E-state index contributed by atoms with van der Waals surface area (Å²) in [6.45, 7) is 6.05. The molecule has 7 heteroatoms. The Balaban J connectivity index is 1.46. The number of fused-ring (bicyclic) bond motifs is 1. The quantitative estimate of drug-likeness (QED) is 0.741. The van der Waals surface area contributed by atoms with E-state index in [0.717, 1.165) is 35.2 Å². The Kier molecular flexibility index (Phi) is 5.64. The summed E-state index contributed by atoms with van der Waals surface area (Å²) in [5.74, 6) is -0.0544. The Labute approximate surface area is 183 Å². The van der Waals surface area contributed by atoms with Gasteiger partial charge in [-0.3, -0.25) is 9.59 Å². The molecule has 0 spiro atoms. The van der Waals surface area contributed by atoms with Crippen LogP contribution >= 0.6 is 0 Å². The number of rotatable bonds is 6. The van der Waals surface area contributed by atoms with E-state index in [0.29, 0.717) is 18.7 Å². The number of aryl methyl sites for hydroxylation is 2. The van der Waals surface area contributed by atoms with Crippen LogP contribution < -0.4 is 10.2 Å². The largest absolute Gasteiger partial charge is 0.326 e. The van der Waals surface area contributed by atoms with Gasteiger partial charge in [0.25, 0.3) is 0 Å². The molecule has 2 amide bonds. The SMILES string of the molecule is Cc1ccc(NC(=O)C[C@@H](C)S(=O)(=O)c2ccc3c(c2)CCN3C(=O)C2CC2)c(C)c1. The molecule has 1 aliphatic heterocycles. The predicted molar refractivity (Wildman–Crippen MR) is 121 cm³/mol. The second-order valence-corrected chi connectivity index (χ2v) is 11.1. The smallest absolute Gasteiger partial charge is 0.230 e. The molecule has 6 nitrogen and oxygen atoms in total. The van der Waals surface area contributed by atoms with Crippen molar-refractivity contribution in [3.05, 3.63) is 53.1 Å². The molecule has 2 aliphatic rings. The molecule has 2 aromatic rings. The van der Waals surface area contributed by atoms with Gasteiger partial charge in [0.2, 0.25) is 11.8 Å². The van der Waals surface area contributed by atoms with E-state index >= 15 is 0 Å². The summed E-state index contributed by atoms with van der Waals surface area (Å²) in [6.07, 6.45) is 2.41. The number of benzene rings is 2. The lowest BCUT2D eigenvalue weighted by atomic mass is 10.1. The van der Waals surface area contributed by atoms with E-state index in [1.54, 1.807) is 30.0 Å². The number of hydrogen-bond donors (Lipinski definition) is 1. The first-order valence-corrected chi connectivity index (χ1v) is 12.3. The van der Waals surface area contributed by atoms with E-state index in [9.17, 15) is 18.0 Å². The summed E-state index contributed by atoms with van der Waals surface area (Å²) >= 11 is 0. The molecule has 1 atom stereocenters. The summed E-state index contributed by atoms with van der Waals surface area (Å²) < 4.78 is 26.2. The lowest BCUT2D eigenvalue weighted by Crippen LogP contribution is -2.30. The second-order valence-electron chi connectivity index (χ2n) is 8.73. The Hall–Kier alpha value is -2.67. The van der Waals surface area contributed by atoms with Crippen molar-refractivity contribution in [1.82, 2.24) is 0 Å². The van der Waals surface area contributed by atoms with Gasteiger partial charge in [-0.2, -0.15) is 0 Å². The van der Waals surface area contributed by atoms with Gasteiger partial charge < -0.3 is 10.2 Å². The fraction of sp³-hybridized carbons (Fsp3) is 0.417. The van der Waals surface area contributed by atoms with Crippen LogP contribution in [0.25, 0.3) is 0 Å². The maximum absolute atomic E-state index is 13.1. The molecule has 31 heavy (non-hydrogen) atoms. The molecule has 1 aliphatic carbocycles. The van der Waals surface area contributed by atoms with Crippen molar-refractivity contribution in [2.24, 2.45) is 5.92 Å². The number of anilines is 2. The van der Waals surface area contributed by atoms with E-state index in [2.05, 4.69) is 5.32 Å². The predicted octanol–water partition coefficient (Wildman–Crippen LogP) is 3.79. The first kappa shape index (κ1) is 21.6. The monoisotopic (exact) mass is 440 g/mol. The lowest BCUT2D eigenvalue weighted by Gasteiger charge is -2.18. The summed E-state index contributed by atoms with van der Waals surface area (Å²) in [5, 5.41) is 1.96. The maximum Gasteiger partial charge on any atom is 0.230 e. The average molecular weight is 441 g/mol. The molecule has 0 saturated heterocycles. The van der Waals surface area contributed by atoms with E-state index in [4.69, 9.17) is 0 Å². The first-order valence-electron chi connectivity index (χ1n) is 10.7. The van der Waals surface area contributed by atoms with Gasteiger partial charge in [0.05, 0.1) is 10.1 Å². The van der Waals surface area contributed by atoms with Crippen molar-refractivity contribution in [2.45, 2.75) is 56.6 Å². The van der Waals surface area contributed by atoms with Crippen molar-refractivity contribution in [3.8, 4) is 0 Å². The van der Waals surface area contributed by atoms with Crippen LogP contribution in [0.1, 0.15) is 42.9 Å². The summed E-state index contributed by atoms with van der Waals surface area (Å²) in [6, 6.07) is 10.7. The van der Waals surface area contributed by atoms with Crippen molar-refractivity contribution < 1.29 is 18.0 Å². The van der Waals surface area contributed by atoms with Gasteiger partial charge in [0.15, 0.2) is 9.84 Å². The highest BCUT2D eigenvalue weighted by molar-refractivity contribution is 7.92. The minimum atomic E-state index is -3.67. The van der Waals surface area contributed by atoms with Gasteiger partial charge in [-0.05, 0) is 75.4 Å². The molecule has 1 saturated carbocycles.